The summed E-state index contributed by atoms with van der Waals surface area (Å²) in [5, 5.41) is 13.2. The third-order valence-corrected chi connectivity index (χ3v) is 2.79. The lowest BCUT2D eigenvalue weighted by Crippen LogP contribution is -2.14. The molecular formula is C14H12FN3O3. The molecule has 0 aliphatic heterocycles. The molecule has 0 saturated carbocycles. The minimum absolute atomic E-state index is 0.0360. The van der Waals surface area contributed by atoms with Gasteiger partial charge in [0.05, 0.1) is 10.5 Å². The highest BCUT2D eigenvalue weighted by Gasteiger charge is 2.15. The van der Waals surface area contributed by atoms with Gasteiger partial charge < -0.3 is 11.1 Å². The van der Waals surface area contributed by atoms with Crippen molar-refractivity contribution < 1.29 is 14.1 Å². The molecule has 3 N–H and O–H groups in total. The van der Waals surface area contributed by atoms with Crippen LogP contribution in [0.15, 0.2) is 36.4 Å². The highest BCUT2D eigenvalue weighted by atomic mass is 19.1. The van der Waals surface area contributed by atoms with E-state index in [4.69, 9.17) is 5.73 Å². The standard InChI is InChI=1S/C14H12FN3O3/c1-8-4-9(15)6-10(5-8)17-14(19)12-7-11(18(20)21)2-3-13(12)16/h2-7H,16H2,1H3,(H,17,19). The van der Waals surface area contributed by atoms with Crippen molar-refractivity contribution in [2.75, 3.05) is 11.1 Å². The summed E-state index contributed by atoms with van der Waals surface area (Å²) < 4.78 is 13.3. The van der Waals surface area contributed by atoms with E-state index in [2.05, 4.69) is 5.32 Å². The maximum absolute atomic E-state index is 13.3. The number of aryl methyl sites for hydroxylation is 1. The molecular weight excluding hydrogens is 277 g/mol. The summed E-state index contributed by atoms with van der Waals surface area (Å²) in [5.74, 6) is -1.13. The van der Waals surface area contributed by atoms with Gasteiger partial charge in [0.2, 0.25) is 0 Å². The minimum Gasteiger partial charge on any atom is -0.398 e. The van der Waals surface area contributed by atoms with Crippen LogP contribution in [-0.2, 0) is 0 Å². The van der Waals surface area contributed by atoms with Gasteiger partial charge in [-0.15, -0.1) is 0 Å². The molecule has 0 heterocycles. The number of nitrogens with zero attached hydrogens (tertiary/aromatic N) is 1. The maximum atomic E-state index is 13.3. The van der Waals surface area contributed by atoms with E-state index in [0.717, 1.165) is 12.1 Å². The van der Waals surface area contributed by atoms with Crippen LogP contribution in [0.5, 0.6) is 0 Å². The Morgan fingerprint density at radius 2 is 2.00 bits per heavy atom. The SMILES string of the molecule is Cc1cc(F)cc(NC(=O)c2cc([N+](=O)[O-])ccc2N)c1. The average molecular weight is 289 g/mol. The Morgan fingerprint density at radius 1 is 1.29 bits per heavy atom. The molecule has 0 bridgehead atoms. The molecule has 21 heavy (non-hydrogen) atoms. The first-order chi connectivity index (χ1) is 9.86. The van der Waals surface area contributed by atoms with Gasteiger partial charge in [-0.3, -0.25) is 14.9 Å². The Balaban J connectivity index is 2.31. The zero-order chi connectivity index (χ0) is 15.6. The average Bonchev–Trinajstić information content (AvgIpc) is 2.37. The second-order valence-electron chi connectivity index (χ2n) is 4.50. The van der Waals surface area contributed by atoms with Gasteiger partial charge in [0, 0.05) is 23.5 Å². The Kier molecular flexibility index (Phi) is 3.84. The van der Waals surface area contributed by atoms with Gasteiger partial charge in [0.25, 0.3) is 11.6 Å². The van der Waals surface area contributed by atoms with E-state index >= 15 is 0 Å². The molecule has 0 unspecified atom stereocenters. The number of carbonyl (C=O) groups is 1. The van der Waals surface area contributed by atoms with Gasteiger partial charge in [-0.05, 0) is 36.8 Å². The van der Waals surface area contributed by atoms with Gasteiger partial charge in [-0.25, -0.2) is 4.39 Å². The van der Waals surface area contributed by atoms with Crippen LogP contribution in [-0.4, -0.2) is 10.8 Å². The van der Waals surface area contributed by atoms with Crippen LogP contribution in [0.4, 0.5) is 21.5 Å². The summed E-state index contributed by atoms with van der Waals surface area (Å²) in [7, 11) is 0. The van der Waals surface area contributed by atoms with Gasteiger partial charge >= 0.3 is 0 Å². The molecule has 0 aromatic heterocycles. The smallest absolute Gasteiger partial charge is 0.270 e. The third-order valence-electron chi connectivity index (χ3n) is 2.79. The zero-order valence-electron chi connectivity index (χ0n) is 11.1. The van der Waals surface area contributed by atoms with Crippen LogP contribution in [0.25, 0.3) is 0 Å². The molecule has 0 spiro atoms. The first-order valence-electron chi connectivity index (χ1n) is 5.99. The zero-order valence-corrected chi connectivity index (χ0v) is 11.1. The van der Waals surface area contributed by atoms with Crippen LogP contribution < -0.4 is 11.1 Å². The normalized spacial score (nSPS) is 10.2. The fourth-order valence-corrected chi connectivity index (χ4v) is 1.86. The van der Waals surface area contributed by atoms with Crippen LogP contribution in [0.3, 0.4) is 0 Å². The van der Waals surface area contributed by atoms with Gasteiger partial charge in [0.15, 0.2) is 0 Å². The third kappa shape index (κ3) is 3.33. The Morgan fingerprint density at radius 3 is 2.62 bits per heavy atom. The largest absolute Gasteiger partial charge is 0.398 e. The number of benzene rings is 2. The number of nitro benzene ring substituents is 1. The minimum atomic E-state index is -0.638. The van der Waals surface area contributed by atoms with E-state index in [1.165, 1.54) is 18.2 Å². The molecule has 0 aliphatic carbocycles. The lowest BCUT2D eigenvalue weighted by atomic mass is 10.1. The van der Waals surface area contributed by atoms with E-state index in [9.17, 15) is 19.3 Å². The topological polar surface area (TPSA) is 98.3 Å². The lowest BCUT2D eigenvalue weighted by molar-refractivity contribution is -0.384. The number of rotatable bonds is 3. The number of nitrogens with one attached hydrogen (secondary N) is 1. The second-order valence-corrected chi connectivity index (χ2v) is 4.50. The van der Waals surface area contributed by atoms with Crippen LogP contribution in [0, 0.1) is 22.9 Å². The fourth-order valence-electron chi connectivity index (χ4n) is 1.86. The molecule has 0 saturated heterocycles. The molecule has 0 aliphatic rings. The molecule has 2 aromatic rings. The Hall–Kier alpha value is -2.96. The molecule has 2 aromatic carbocycles. The number of nitrogens with two attached hydrogens (primary N) is 1. The lowest BCUT2D eigenvalue weighted by Gasteiger charge is -2.08. The Bertz CT molecular complexity index is 711. The highest BCUT2D eigenvalue weighted by molar-refractivity contribution is 6.08. The predicted molar refractivity (Wildman–Crippen MR) is 76.6 cm³/mol. The van der Waals surface area contributed by atoms with Crippen molar-refractivity contribution in [2.24, 2.45) is 0 Å². The summed E-state index contributed by atoms with van der Waals surface area (Å²) in [6.45, 7) is 1.68. The molecule has 6 nitrogen and oxygen atoms in total. The quantitative estimate of drug-likeness (QED) is 0.515. The number of amides is 1. The highest BCUT2D eigenvalue weighted by Crippen LogP contribution is 2.21. The second kappa shape index (κ2) is 5.58. The van der Waals surface area contributed by atoms with Crippen molar-refractivity contribution in [3.8, 4) is 0 Å². The van der Waals surface area contributed by atoms with Gasteiger partial charge in [0.1, 0.15) is 5.82 Å². The molecule has 1 amide bonds. The van der Waals surface area contributed by atoms with Crippen molar-refractivity contribution in [1.82, 2.24) is 0 Å². The number of anilines is 2. The molecule has 7 heteroatoms. The van der Waals surface area contributed by atoms with Gasteiger partial charge in [-0.1, -0.05) is 0 Å². The first-order valence-corrected chi connectivity index (χ1v) is 5.99. The number of nitrogen functional groups attached to an aromatic ring is 1. The molecule has 0 radical (unpaired) electrons. The number of hydrogen-bond acceptors (Lipinski definition) is 4. The summed E-state index contributed by atoms with van der Waals surface area (Å²) in [4.78, 5) is 22.2. The van der Waals surface area contributed by atoms with E-state index in [1.54, 1.807) is 13.0 Å². The molecule has 0 fully saturated rings. The number of carbonyl (C=O) groups excluding carboxylic acids is 1. The van der Waals surface area contributed by atoms with Crippen LogP contribution in [0.2, 0.25) is 0 Å². The summed E-state index contributed by atoms with van der Waals surface area (Å²) in [5.41, 5.74) is 6.36. The van der Waals surface area contributed by atoms with Crippen molar-refractivity contribution in [2.45, 2.75) is 6.92 Å². The molecule has 0 atom stereocenters. The number of non-ortho nitro benzene ring substituents is 1. The van der Waals surface area contributed by atoms with E-state index in [-0.39, 0.29) is 22.6 Å². The molecule has 108 valence electrons. The van der Waals surface area contributed by atoms with Crippen LogP contribution >= 0.6 is 0 Å². The maximum Gasteiger partial charge on any atom is 0.270 e. The summed E-state index contributed by atoms with van der Waals surface area (Å²) >= 11 is 0. The number of halogens is 1. The fraction of sp³-hybridized carbons (Fsp3) is 0.0714. The van der Waals surface area contributed by atoms with E-state index in [1.807, 2.05) is 0 Å². The van der Waals surface area contributed by atoms with Crippen molar-refractivity contribution >= 4 is 23.0 Å². The van der Waals surface area contributed by atoms with Crippen molar-refractivity contribution in [3.63, 3.8) is 0 Å². The summed E-state index contributed by atoms with van der Waals surface area (Å²) in [6, 6.07) is 7.61. The molecule has 2 rings (SSSR count). The van der Waals surface area contributed by atoms with Gasteiger partial charge in [-0.2, -0.15) is 0 Å². The first kappa shape index (κ1) is 14.4. The Labute approximate surface area is 119 Å². The van der Waals surface area contributed by atoms with Crippen molar-refractivity contribution in [1.29, 1.82) is 0 Å². The van der Waals surface area contributed by atoms with Crippen LogP contribution in [0.1, 0.15) is 15.9 Å². The van der Waals surface area contributed by atoms with E-state index in [0.29, 0.717) is 5.56 Å². The number of hydrogen-bond donors (Lipinski definition) is 2. The van der Waals surface area contributed by atoms with E-state index < -0.39 is 16.6 Å². The summed E-state index contributed by atoms with van der Waals surface area (Å²) in [6.07, 6.45) is 0. The predicted octanol–water partition coefficient (Wildman–Crippen LogP) is 2.88. The van der Waals surface area contributed by atoms with Crippen molar-refractivity contribution in [3.05, 3.63) is 63.5 Å². The monoisotopic (exact) mass is 289 g/mol. The number of nitro groups is 1.